The summed E-state index contributed by atoms with van der Waals surface area (Å²) in [6, 6.07) is 2.74. The van der Waals surface area contributed by atoms with Gasteiger partial charge >= 0.3 is 5.69 Å². The van der Waals surface area contributed by atoms with Gasteiger partial charge < -0.3 is 15.6 Å². The quantitative estimate of drug-likeness (QED) is 0.438. The number of nitro benzene ring substituents is 1. The number of nitro groups is 1. The summed E-state index contributed by atoms with van der Waals surface area (Å²) in [5.74, 6) is 0.0807. The molecule has 0 bridgehead atoms. The molecule has 0 atom stereocenters. The minimum atomic E-state index is -0.543. The van der Waals surface area contributed by atoms with E-state index in [-0.39, 0.29) is 24.7 Å². The van der Waals surface area contributed by atoms with Gasteiger partial charge in [0.15, 0.2) is 5.75 Å². The molecule has 0 unspecified atom stereocenters. The molecule has 0 heterocycles. The van der Waals surface area contributed by atoms with E-state index in [4.69, 9.17) is 15.6 Å². The SMILES string of the molecule is Cc1cc([N+](=O)[O-])c(OCCO)cc1N. The van der Waals surface area contributed by atoms with Crippen molar-refractivity contribution in [1.29, 1.82) is 0 Å². The Kier molecular flexibility index (Phi) is 3.46. The molecule has 3 N–H and O–H groups in total. The van der Waals surface area contributed by atoms with Crippen LogP contribution in [0, 0.1) is 17.0 Å². The number of rotatable bonds is 4. The Bertz CT molecular complexity index is 379. The number of nitrogens with two attached hydrogens (primary N) is 1. The zero-order chi connectivity index (χ0) is 11.4. The van der Waals surface area contributed by atoms with E-state index in [1.807, 2.05) is 0 Å². The third-order valence-electron chi connectivity index (χ3n) is 1.89. The topological polar surface area (TPSA) is 98.6 Å². The van der Waals surface area contributed by atoms with Crippen molar-refractivity contribution in [3.63, 3.8) is 0 Å². The molecule has 82 valence electrons. The van der Waals surface area contributed by atoms with Crippen molar-refractivity contribution in [2.24, 2.45) is 0 Å². The number of nitrogen functional groups attached to an aromatic ring is 1. The fraction of sp³-hybridized carbons (Fsp3) is 0.333. The molecular weight excluding hydrogens is 200 g/mol. The van der Waals surface area contributed by atoms with Crippen LogP contribution >= 0.6 is 0 Å². The molecule has 1 rings (SSSR count). The van der Waals surface area contributed by atoms with Gasteiger partial charge in [-0.1, -0.05) is 0 Å². The summed E-state index contributed by atoms with van der Waals surface area (Å²) in [7, 11) is 0. The summed E-state index contributed by atoms with van der Waals surface area (Å²) in [5, 5.41) is 19.2. The number of anilines is 1. The summed E-state index contributed by atoms with van der Waals surface area (Å²) in [6.45, 7) is 1.48. The summed E-state index contributed by atoms with van der Waals surface area (Å²) >= 11 is 0. The standard InChI is InChI=1S/C9H12N2O4/c1-6-4-8(11(13)14)9(5-7(6)10)15-3-2-12/h4-5,12H,2-3,10H2,1H3. The van der Waals surface area contributed by atoms with Crippen LogP contribution in [0.25, 0.3) is 0 Å². The second-order valence-corrected chi connectivity index (χ2v) is 3.01. The minimum Gasteiger partial charge on any atom is -0.484 e. The highest BCUT2D eigenvalue weighted by atomic mass is 16.6. The number of benzene rings is 1. The largest absolute Gasteiger partial charge is 0.484 e. The lowest BCUT2D eigenvalue weighted by Crippen LogP contribution is -2.05. The number of hydrogen-bond acceptors (Lipinski definition) is 5. The lowest BCUT2D eigenvalue weighted by molar-refractivity contribution is -0.385. The van der Waals surface area contributed by atoms with Crippen LogP contribution in [0.3, 0.4) is 0 Å². The number of aliphatic hydroxyl groups is 1. The van der Waals surface area contributed by atoms with Gasteiger partial charge in [0, 0.05) is 17.8 Å². The van der Waals surface area contributed by atoms with E-state index in [2.05, 4.69) is 0 Å². The smallest absolute Gasteiger partial charge is 0.311 e. The zero-order valence-electron chi connectivity index (χ0n) is 8.27. The molecular formula is C9H12N2O4. The van der Waals surface area contributed by atoms with E-state index in [0.717, 1.165) is 0 Å². The zero-order valence-corrected chi connectivity index (χ0v) is 8.27. The molecule has 1 aromatic rings. The summed E-state index contributed by atoms with van der Waals surface area (Å²) in [4.78, 5) is 10.1. The Morgan fingerprint density at radius 2 is 2.27 bits per heavy atom. The molecule has 0 spiro atoms. The third-order valence-corrected chi connectivity index (χ3v) is 1.89. The van der Waals surface area contributed by atoms with E-state index < -0.39 is 4.92 Å². The van der Waals surface area contributed by atoms with Gasteiger partial charge in [0.1, 0.15) is 6.61 Å². The number of ether oxygens (including phenoxy) is 1. The Balaban J connectivity index is 3.10. The first kappa shape index (κ1) is 11.3. The Hall–Kier alpha value is -1.82. The molecule has 0 aliphatic rings. The van der Waals surface area contributed by atoms with Crippen molar-refractivity contribution in [1.82, 2.24) is 0 Å². The van der Waals surface area contributed by atoms with Crippen LogP contribution in [0.1, 0.15) is 5.56 Å². The van der Waals surface area contributed by atoms with E-state index in [9.17, 15) is 10.1 Å². The van der Waals surface area contributed by atoms with Crippen LogP contribution in [0.2, 0.25) is 0 Å². The van der Waals surface area contributed by atoms with Crippen molar-refractivity contribution < 1.29 is 14.8 Å². The van der Waals surface area contributed by atoms with Gasteiger partial charge in [-0.25, -0.2) is 0 Å². The number of aliphatic hydroxyl groups excluding tert-OH is 1. The van der Waals surface area contributed by atoms with Crippen molar-refractivity contribution in [2.45, 2.75) is 6.92 Å². The van der Waals surface area contributed by atoms with Crippen molar-refractivity contribution in [3.8, 4) is 5.75 Å². The summed E-state index contributed by atoms with van der Waals surface area (Å²) < 4.78 is 5.01. The van der Waals surface area contributed by atoms with Crippen LogP contribution in [0.5, 0.6) is 5.75 Å². The Morgan fingerprint density at radius 3 is 2.80 bits per heavy atom. The molecule has 0 fully saturated rings. The first-order valence-corrected chi connectivity index (χ1v) is 4.34. The van der Waals surface area contributed by atoms with Crippen LogP contribution in [-0.2, 0) is 0 Å². The van der Waals surface area contributed by atoms with Crippen molar-refractivity contribution >= 4 is 11.4 Å². The normalized spacial score (nSPS) is 10.0. The van der Waals surface area contributed by atoms with Gasteiger partial charge in [-0.05, 0) is 12.5 Å². The predicted molar refractivity (Wildman–Crippen MR) is 54.8 cm³/mol. The van der Waals surface area contributed by atoms with Gasteiger partial charge in [0.25, 0.3) is 0 Å². The maximum absolute atomic E-state index is 10.7. The van der Waals surface area contributed by atoms with Crippen LogP contribution in [0.4, 0.5) is 11.4 Å². The minimum absolute atomic E-state index is 0.00331. The molecule has 0 amide bonds. The lowest BCUT2D eigenvalue weighted by Gasteiger charge is -2.07. The summed E-state index contributed by atoms with van der Waals surface area (Å²) in [5.41, 5.74) is 6.50. The second kappa shape index (κ2) is 4.61. The molecule has 0 aliphatic carbocycles. The molecule has 0 radical (unpaired) electrons. The van der Waals surface area contributed by atoms with Gasteiger partial charge in [-0.2, -0.15) is 0 Å². The molecule has 0 saturated heterocycles. The van der Waals surface area contributed by atoms with E-state index in [1.54, 1.807) is 6.92 Å². The van der Waals surface area contributed by atoms with E-state index in [0.29, 0.717) is 11.3 Å². The predicted octanol–water partition coefficient (Wildman–Crippen LogP) is 0.857. The number of nitrogens with zero attached hydrogens (tertiary/aromatic N) is 1. The van der Waals surface area contributed by atoms with Crippen LogP contribution < -0.4 is 10.5 Å². The van der Waals surface area contributed by atoms with E-state index >= 15 is 0 Å². The average molecular weight is 212 g/mol. The Labute approximate surface area is 86.4 Å². The molecule has 0 aromatic heterocycles. The summed E-state index contributed by atoms with van der Waals surface area (Å²) in [6.07, 6.45) is 0. The van der Waals surface area contributed by atoms with Crippen molar-refractivity contribution in [3.05, 3.63) is 27.8 Å². The Morgan fingerprint density at radius 1 is 1.60 bits per heavy atom. The fourth-order valence-corrected chi connectivity index (χ4v) is 1.10. The monoisotopic (exact) mass is 212 g/mol. The van der Waals surface area contributed by atoms with E-state index in [1.165, 1.54) is 12.1 Å². The maximum atomic E-state index is 10.7. The van der Waals surface area contributed by atoms with Crippen LogP contribution in [-0.4, -0.2) is 23.2 Å². The maximum Gasteiger partial charge on any atom is 0.311 e. The number of aryl methyl sites for hydroxylation is 1. The highest BCUT2D eigenvalue weighted by Crippen LogP contribution is 2.31. The number of hydrogen-bond donors (Lipinski definition) is 2. The van der Waals surface area contributed by atoms with Crippen LogP contribution in [0.15, 0.2) is 12.1 Å². The second-order valence-electron chi connectivity index (χ2n) is 3.01. The first-order chi connectivity index (χ1) is 7.06. The van der Waals surface area contributed by atoms with Crippen molar-refractivity contribution in [2.75, 3.05) is 18.9 Å². The molecule has 6 heteroatoms. The first-order valence-electron chi connectivity index (χ1n) is 4.34. The molecule has 1 aromatic carbocycles. The molecule has 0 aliphatic heterocycles. The molecule has 0 saturated carbocycles. The van der Waals surface area contributed by atoms with Gasteiger partial charge in [-0.3, -0.25) is 10.1 Å². The highest BCUT2D eigenvalue weighted by molar-refractivity contribution is 5.60. The van der Waals surface area contributed by atoms with Gasteiger partial charge in [-0.15, -0.1) is 0 Å². The highest BCUT2D eigenvalue weighted by Gasteiger charge is 2.16. The third kappa shape index (κ3) is 2.57. The van der Waals surface area contributed by atoms with Gasteiger partial charge in [0.2, 0.25) is 0 Å². The van der Waals surface area contributed by atoms with Gasteiger partial charge in [0.05, 0.1) is 11.5 Å². The average Bonchev–Trinajstić information content (AvgIpc) is 2.19. The fourth-order valence-electron chi connectivity index (χ4n) is 1.10. The lowest BCUT2D eigenvalue weighted by atomic mass is 10.1. The molecule has 15 heavy (non-hydrogen) atoms. The molecule has 6 nitrogen and oxygen atoms in total.